The minimum Gasteiger partial charge on any atom is -0.496 e. The molecule has 1 aromatic heterocycles. The van der Waals surface area contributed by atoms with Gasteiger partial charge in [0.1, 0.15) is 5.75 Å². The molecule has 0 amide bonds. The second kappa shape index (κ2) is 6.02. The summed E-state index contributed by atoms with van der Waals surface area (Å²) < 4.78 is 72.7. The summed E-state index contributed by atoms with van der Waals surface area (Å²) in [5.74, 6) is -1.93. The van der Waals surface area contributed by atoms with E-state index in [1.807, 2.05) is 0 Å². The minimum atomic E-state index is -5.15. The van der Waals surface area contributed by atoms with Crippen molar-refractivity contribution in [2.24, 2.45) is 0 Å². The number of hydrogen-bond donors (Lipinski definition) is 0. The SMILES string of the molecule is CCOC(=O)c1cc(OC)c(C(F)F)c(C(F)(F)F)n1. The van der Waals surface area contributed by atoms with Crippen molar-refractivity contribution in [3.8, 4) is 5.75 Å². The van der Waals surface area contributed by atoms with E-state index < -0.39 is 41.3 Å². The largest absolute Gasteiger partial charge is 0.496 e. The molecule has 0 aliphatic carbocycles. The van der Waals surface area contributed by atoms with Crippen LogP contribution in [0.15, 0.2) is 6.07 Å². The third-order valence-corrected chi connectivity index (χ3v) is 2.21. The van der Waals surface area contributed by atoms with Crippen molar-refractivity contribution in [1.82, 2.24) is 4.98 Å². The molecule has 0 radical (unpaired) electrons. The number of pyridine rings is 1. The smallest absolute Gasteiger partial charge is 0.433 e. The number of rotatable bonds is 4. The maximum absolute atomic E-state index is 12.8. The highest BCUT2D eigenvalue weighted by Crippen LogP contribution is 2.40. The quantitative estimate of drug-likeness (QED) is 0.632. The number of nitrogens with zero attached hydrogens (tertiary/aromatic N) is 1. The molecule has 1 heterocycles. The Hall–Kier alpha value is -1.93. The van der Waals surface area contributed by atoms with Crippen LogP contribution in [0, 0.1) is 0 Å². The van der Waals surface area contributed by atoms with Crippen LogP contribution in [0.3, 0.4) is 0 Å². The topological polar surface area (TPSA) is 48.4 Å². The Balaban J connectivity index is 3.52. The van der Waals surface area contributed by atoms with Crippen LogP contribution < -0.4 is 4.74 Å². The maximum Gasteiger partial charge on any atom is 0.433 e. The van der Waals surface area contributed by atoms with E-state index in [2.05, 4.69) is 14.5 Å². The summed E-state index contributed by atoms with van der Waals surface area (Å²) >= 11 is 0. The van der Waals surface area contributed by atoms with E-state index >= 15 is 0 Å². The van der Waals surface area contributed by atoms with Crippen molar-refractivity contribution >= 4 is 5.97 Å². The predicted molar refractivity (Wildman–Crippen MR) is 56.7 cm³/mol. The zero-order chi connectivity index (χ0) is 15.5. The van der Waals surface area contributed by atoms with E-state index in [0.29, 0.717) is 6.07 Å². The molecule has 0 atom stereocenters. The first-order valence-electron chi connectivity index (χ1n) is 5.33. The normalized spacial score (nSPS) is 11.6. The average molecular weight is 299 g/mol. The summed E-state index contributed by atoms with van der Waals surface area (Å²) in [7, 11) is 0.913. The van der Waals surface area contributed by atoms with Gasteiger partial charge < -0.3 is 9.47 Å². The van der Waals surface area contributed by atoms with E-state index in [-0.39, 0.29) is 6.61 Å². The van der Waals surface area contributed by atoms with Gasteiger partial charge in [-0.25, -0.2) is 18.6 Å². The molecule has 112 valence electrons. The summed E-state index contributed by atoms with van der Waals surface area (Å²) in [6.45, 7) is 1.34. The lowest BCUT2D eigenvalue weighted by Gasteiger charge is -2.16. The van der Waals surface area contributed by atoms with Crippen molar-refractivity contribution in [1.29, 1.82) is 0 Å². The van der Waals surface area contributed by atoms with Gasteiger partial charge in [0, 0.05) is 6.07 Å². The Kier molecular flexibility index (Phi) is 4.85. The van der Waals surface area contributed by atoms with Crippen molar-refractivity contribution < 1.29 is 36.2 Å². The number of hydrogen-bond acceptors (Lipinski definition) is 4. The minimum absolute atomic E-state index is 0.0964. The number of methoxy groups -OCH3 is 1. The fourth-order valence-corrected chi connectivity index (χ4v) is 1.44. The summed E-state index contributed by atoms with van der Waals surface area (Å²) in [6.07, 6.45) is -8.60. The summed E-state index contributed by atoms with van der Waals surface area (Å²) in [5, 5.41) is 0. The Morgan fingerprint density at radius 2 is 2.00 bits per heavy atom. The monoisotopic (exact) mass is 299 g/mol. The van der Waals surface area contributed by atoms with Gasteiger partial charge in [-0.05, 0) is 6.92 Å². The van der Waals surface area contributed by atoms with Gasteiger partial charge in [-0.15, -0.1) is 0 Å². The van der Waals surface area contributed by atoms with Crippen molar-refractivity contribution in [2.45, 2.75) is 19.5 Å². The Bertz CT molecular complexity index is 502. The molecular weight excluding hydrogens is 289 g/mol. The molecule has 0 bridgehead atoms. The molecule has 0 spiro atoms. The Morgan fingerprint density at radius 1 is 1.40 bits per heavy atom. The maximum atomic E-state index is 12.8. The van der Waals surface area contributed by atoms with Crippen LogP contribution >= 0.6 is 0 Å². The molecule has 1 rings (SSSR count). The molecule has 0 aliphatic rings. The molecule has 20 heavy (non-hydrogen) atoms. The van der Waals surface area contributed by atoms with Gasteiger partial charge in [0.15, 0.2) is 11.4 Å². The number of esters is 1. The second-order valence-corrected chi connectivity index (χ2v) is 3.49. The first kappa shape index (κ1) is 16.1. The lowest BCUT2D eigenvalue weighted by molar-refractivity contribution is -0.143. The highest BCUT2D eigenvalue weighted by Gasteiger charge is 2.40. The highest BCUT2D eigenvalue weighted by molar-refractivity contribution is 5.88. The first-order valence-corrected chi connectivity index (χ1v) is 5.33. The second-order valence-electron chi connectivity index (χ2n) is 3.49. The molecule has 0 unspecified atom stereocenters. The van der Waals surface area contributed by atoms with Gasteiger partial charge in [-0.3, -0.25) is 0 Å². The molecule has 9 heteroatoms. The van der Waals surface area contributed by atoms with Gasteiger partial charge in [0.2, 0.25) is 0 Å². The van der Waals surface area contributed by atoms with E-state index in [1.54, 1.807) is 0 Å². The van der Waals surface area contributed by atoms with Crippen LogP contribution in [0.1, 0.15) is 35.1 Å². The lowest BCUT2D eigenvalue weighted by Crippen LogP contribution is -2.18. The third kappa shape index (κ3) is 3.34. The number of carbonyl (C=O) groups excluding carboxylic acids is 1. The fraction of sp³-hybridized carbons (Fsp3) is 0.455. The molecule has 0 saturated carbocycles. The summed E-state index contributed by atoms with van der Waals surface area (Å²) in [5.41, 5.74) is -4.02. The molecule has 1 aromatic rings. The van der Waals surface area contributed by atoms with Crippen LogP contribution in [-0.2, 0) is 10.9 Å². The Labute approximate surface area is 110 Å². The van der Waals surface area contributed by atoms with Crippen LogP contribution in [0.2, 0.25) is 0 Å². The van der Waals surface area contributed by atoms with Crippen LogP contribution in [0.25, 0.3) is 0 Å². The molecule has 0 fully saturated rings. The molecule has 0 aliphatic heterocycles. The molecule has 0 aromatic carbocycles. The highest BCUT2D eigenvalue weighted by atomic mass is 19.4. The van der Waals surface area contributed by atoms with Crippen molar-refractivity contribution in [3.05, 3.63) is 23.0 Å². The number of aromatic nitrogens is 1. The standard InChI is InChI=1S/C11H10F5NO3/c1-3-20-10(18)5-4-6(19-2)7(9(12)13)8(17-5)11(14,15)16/h4,9H,3H2,1-2H3. The van der Waals surface area contributed by atoms with Crippen LogP contribution in [0.5, 0.6) is 5.75 Å². The van der Waals surface area contributed by atoms with E-state index in [0.717, 1.165) is 7.11 Å². The van der Waals surface area contributed by atoms with Gasteiger partial charge in [-0.1, -0.05) is 0 Å². The lowest BCUT2D eigenvalue weighted by atomic mass is 10.1. The van der Waals surface area contributed by atoms with Crippen molar-refractivity contribution in [3.63, 3.8) is 0 Å². The van der Waals surface area contributed by atoms with Gasteiger partial charge in [-0.2, -0.15) is 13.2 Å². The number of ether oxygens (including phenoxy) is 2. The van der Waals surface area contributed by atoms with Gasteiger partial charge >= 0.3 is 12.1 Å². The first-order chi connectivity index (χ1) is 9.22. The van der Waals surface area contributed by atoms with Gasteiger partial charge in [0.05, 0.1) is 19.3 Å². The number of halogens is 5. The van der Waals surface area contributed by atoms with E-state index in [9.17, 15) is 26.7 Å². The van der Waals surface area contributed by atoms with E-state index in [4.69, 9.17) is 0 Å². The zero-order valence-electron chi connectivity index (χ0n) is 10.4. The van der Waals surface area contributed by atoms with Crippen LogP contribution in [-0.4, -0.2) is 24.7 Å². The average Bonchev–Trinajstić information content (AvgIpc) is 2.36. The molecule has 4 nitrogen and oxygen atoms in total. The zero-order valence-corrected chi connectivity index (χ0v) is 10.4. The Morgan fingerprint density at radius 3 is 2.40 bits per heavy atom. The third-order valence-electron chi connectivity index (χ3n) is 2.21. The number of alkyl halides is 5. The number of carbonyl (C=O) groups is 1. The predicted octanol–water partition coefficient (Wildman–Crippen LogP) is 3.22. The fourth-order valence-electron chi connectivity index (χ4n) is 1.44. The molecule has 0 N–H and O–H groups in total. The molecular formula is C11H10F5NO3. The van der Waals surface area contributed by atoms with Crippen molar-refractivity contribution in [2.75, 3.05) is 13.7 Å². The van der Waals surface area contributed by atoms with E-state index in [1.165, 1.54) is 6.92 Å². The molecule has 0 saturated heterocycles. The summed E-state index contributed by atoms with van der Waals surface area (Å²) in [4.78, 5) is 14.3. The summed E-state index contributed by atoms with van der Waals surface area (Å²) in [6, 6.07) is 0.689. The van der Waals surface area contributed by atoms with Crippen LogP contribution in [0.4, 0.5) is 22.0 Å². The van der Waals surface area contributed by atoms with Gasteiger partial charge in [0.25, 0.3) is 6.43 Å².